The molecule has 0 radical (unpaired) electrons. The molecule has 3 aromatic carbocycles. The van der Waals surface area contributed by atoms with Gasteiger partial charge in [-0.05, 0) is 55.0 Å². The number of imidazole rings is 1. The number of hydrogen-bond acceptors (Lipinski definition) is 6. The normalized spacial score (nSPS) is 12.0. The number of rotatable bonds is 6. The largest absolute Gasteiger partial charge is 0.454 e. The van der Waals surface area contributed by atoms with Gasteiger partial charge in [0.05, 0.1) is 16.6 Å². The maximum Gasteiger partial charge on any atom is 0.338 e. The van der Waals surface area contributed by atoms with Crippen LogP contribution in [0, 0.1) is 6.92 Å². The number of para-hydroxylation sites is 1. The Hall–Kier alpha value is -4.33. The van der Waals surface area contributed by atoms with Crippen LogP contribution in [-0.4, -0.2) is 34.8 Å². The summed E-state index contributed by atoms with van der Waals surface area (Å²) in [6.45, 7) is 2.02. The molecule has 5 rings (SSSR count). The van der Waals surface area contributed by atoms with Crippen molar-refractivity contribution in [3.63, 3.8) is 0 Å². The Bertz CT molecular complexity index is 1350. The average Bonchev–Trinajstić information content (AvgIpc) is 3.44. The van der Waals surface area contributed by atoms with Gasteiger partial charge in [-0.3, -0.25) is 9.36 Å². The van der Waals surface area contributed by atoms with Gasteiger partial charge in [0.15, 0.2) is 18.1 Å². The zero-order valence-electron chi connectivity index (χ0n) is 17.9. The van der Waals surface area contributed by atoms with Gasteiger partial charge in [0.25, 0.3) is 5.91 Å². The molecule has 2 heterocycles. The molecule has 0 spiro atoms. The molecule has 166 valence electrons. The van der Waals surface area contributed by atoms with Gasteiger partial charge < -0.3 is 19.5 Å². The highest BCUT2D eigenvalue weighted by atomic mass is 16.7. The Morgan fingerprint density at radius 3 is 2.70 bits per heavy atom. The van der Waals surface area contributed by atoms with Crippen LogP contribution in [0.1, 0.15) is 21.7 Å². The Morgan fingerprint density at radius 1 is 1.03 bits per heavy atom. The third-order valence-electron chi connectivity index (χ3n) is 5.33. The van der Waals surface area contributed by atoms with Crippen LogP contribution in [0.5, 0.6) is 11.5 Å². The standard InChI is InChI=1S/C25H21N3O5/c1-16-27-20-12-18(8-9-21(20)28(16)19-5-3-2-4-6-19)25(30)31-14-24(29)26-13-17-7-10-22-23(11-17)33-15-32-22/h2-12H,13-15H2,1H3,(H,26,29). The molecule has 1 aliphatic heterocycles. The highest BCUT2D eigenvalue weighted by molar-refractivity contribution is 5.95. The van der Waals surface area contributed by atoms with Crippen molar-refractivity contribution in [2.24, 2.45) is 0 Å². The van der Waals surface area contributed by atoms with Crippen molar-refractivity contribution < 1.29 is 23.8 Å². The molecule has 1 amide bonds. The van der Waals surface area contributed by atoms with E-state index in [2.05, 4.69) is 10.3 Å². The molecule has 1 aliphatic rings. The average molecular weight is 443 g/mol. The topological polar surface area (TPSA) is 91.7 Å². The first-order valence-electron chi connectivity index (χ1n) is 10.5. The molecule has 0 aliphatic carbocycles. The molecular weight excluding hydrogens is 422 g/mol. The number of hydrogen-bond donors (Lipinski definition) is 1. The summed E-state index contributed by atoms with van der Waals surface area (Å²) in [7, 11) is 0. The van der Waals surface area contributed by atoms with Crippen molar-refractivity contribution in [1.29, 1.82) is 0 Å². The van der Waals surface area contributed by atoms with Crippen LogP contribution in [0.25, 0.3) is 16.7 Å². The fraction of sp³-hybridized carbons (Fsp3) is 0.160. The van der Waals surface area contributed by atoms with Crippen LogP contribution in [0.3, 0.4) is 0 Å². The molecule has 0 bridgehead atoms. The van der Waals surface area contributed by atoms with Crippen molar-refractivity contribution in [1.82, 2.24) is 14.9 Å². The number of aryl methyl sites for hydroxylation is 1. The minimum Gasteiger partial charge on any atom is -0.454 e. The lowest BCUT2D eigenvalue weighted by molar-refractivity contribution is -0.124. The van der Waals surface area contributed by atoms with Crippen LogP contribution in [-0.2, 0) is 16.1 Å². The van der Waals surface area contributed by atoms with E-state index in [-0.39, 0.29) is 19.9 Å². The summed E-state index contributed by atoms with van der Waals surface area (Å²) in [5.74, 6) is 1.16. The van der Waals surface area contributed by atoms with E-state index in [4.69, 9.17) is 14.2 Å². The predicted molar refractivity (Wildman–Crippen MR) is 121 cm³/mol. The van der Waals surface area contributed by atoms with Crippen LogP contribution in [0.2, 0.25) is 0 Å². The Morgan fingerprint density at radius 2 is 1.85 bits per heavy atom. The van der Waals surface area contributed by atoms with Crippen molar-refractivity contribution in [3.05, 3.63) is 83.7 Å². The van der Waals surface area contributed by atoms with Gasteiger partial charge in [0, 0.05) is 12.2 Å². The van der Waals surface area contributed by atoms with Gasteiger partial charge in [-0.25, -0.2) is 9.78 Å². The molecule has 4 aromatic rings. The zero-order valence-corrected chi connectivity index (χ0v) is 17.9. The summed E-state index contributed by atoms with van der Waals surface area (Å²) < 4.78 is 17.8. The summed E-state index contributed by atoms with van der Waals surface area (Å²) >= 11 is 0. The molecular formula is C25H21N3O5. The van der Waals surface area contributed by atoms with Gasteiger partial charge in [0.1, 0.15) is 5.82 Å². The van der Waals surface area contributed by atoms with E-state index in [1.165, 1.54) is 0 Å². The first-order chi connectivity index (χ1) is 16.1. The minimum absolute atomic E-state index is 0.193. The molecule has 8 heteroatoms. The number of benzene rings is 3. The fourth-order valence-corrected chi connectivity index (χ4v) is 3.75. The van der Waals surface area contributed by atoms with E-state index >= 15 is 0 Å². The first kappa shape index (κ1) is 20.6. The summed E-state index contributed by atoms with van der Waals surface area (Å²) in [6, 6.07) is 20.5. The van der Waals surface area contributed by atoms with E-state index in [9.17, 15) is 9.59 Å². The number of nitrogens with zero attached hydrogens (tertiary/aromatic N) is 2. The number of fused-ring (bicyclic) bond motifs is 2. The van der Waals surface area contributed by atoms with Crippen molar-refractivity contribution >= 4 is 22.9 Å². The first-order valence-corrected chi connectivity index (χ1v) is 10.5. The number of carbonyl (C=O) groups is 2. The van der Waals surface area contributed by atoms with Gasteiger partial charge in [-0.15, -0.1) is 0 Å². The van der Waals surface area contributed by atoms with Crippen LogP contribution in [0.4, 0.5) is 0 Å². The molecule has 8 nitrogen and oxygen atoms in total. The number of esters is 1. The fourth-order valence-electron chi connectivity index (χ4n) is 3.75. The summed E-state index contributed by atoms with van der Waals surface area (Å²) in [6.07, 6.45) is 0. The molecule has 0 atom stereocenters. The second kappa shape index (κ2) is 8.66. The van der Waals surface area contributed by atoms with Crippen LogP contribution >= 0.6 is 0 Å². The smallest absolute Gasteiger partial charge is 0.338 e. The SMILES string of the molecule is Cc1nc2cc(C(=O)OCC(=O)NCc3ccc4c(c3)OCO4)ccc2n1-c1ccccc1. The van der Waals surface area contributed by atoms with E-state index < -0.39 is 11.9 Å². The van der Waals surface area contributed by atoms with Gasteiger partial charge in [0.2, 0.25) is 6.79 Å². The quantitative estimate of drug-likeness (QED) is 0.459. The van der Waals surface area contributed by atoms with E-state index in [1.807, 2.05) is 54.0 Å². The third kappa shape index (κ3) is 4.23. The second-order valence-corrected chi connectivity index (χ2v) is 7.57. The van der Waals surface area contributed by atoms with Gasteiger partial charge in [-0.1, -0.05) is 24.3 Å². The molecule has 33 heavy (non-hydrogen) atoms. The van der Waals surface area contributed by atoms with Crippen LogP contribution in [0.15, 0.2) is 66.7 Å². The zero-order chi connectivity index (χ0) is 22.8. The number of ether oxygens (including phenoxy) is 3. The number of amides is 1. The van der Waals surface area contributed by atoms with Crippen molar-refractivity contribution in [2.75, 3.05) is 13.4 Å². The lowest BCUT2D eigenvalue weighted by atomic mass is 10.2. The molecule has 0 saturated carbocycles. The maximum atomic E-state index is 12.5. The summed E-state index contributed by atoms with van der Waals surface area (Å²) in [4.78, 5) is 29.2. The number of nitrogens with one attached hydrogen (secondary N) is 1. The molecule has 1 N–H and O–H groups in total. The monoisotopic (exact) mass is 443 g/mol. The van der Waals surface area contributed by atoms with Crippen molar-refractivity contribution in [3.8, 4) is 17.2 Å². The van der Waals surface area contributed by atoms with Gasteiger partial charge >= 0.3 is 5.97 Å². The maximum absolute atomic E-state index is 12.5. The number of aromatic nitrogens is 2. The van der Waals surface area contributed by atoms with Gasteiger partial charge in [-0.2, -0.15) is 0 Å². The lowest BCUT2D eigenvalue weighted by Crippen LogP contribution is -2.28. The van der Waals surface area contributed by atoms with Crippen LogP contribution < -0.4 is 14.8 Å². The highest BCUT2D eigenvalue weighted by Crippen LogP contribution is 2.32. The highest BCUT2D eigenvalue weighted by Gasteiger charge is 2.16. The van der Waals surface area contributed by atoms with E-state index in [0.717, 1.165) is 22.6 Å². The van der Waals surface area contributed by atoms with Crippen molar-refractivity contribution in [2.45, 2.75) is 13.5 Å². The number of carbonyl (C=O) groups excluding carboxylic acids is 2. The second-order valence-electron chi connectivity index (χ2n) is 7.57. The summed E-state index contributed by atoms with van der Waals surface area (Å²) in [5, 5.41) is 2.73. The molecule has 0 unspecified atom stereocenters. The molecule has 1 aromatic heterocycles. The summed E-state index contributed by atoms with van der Waals surface area (Å²) in [5.41, 5.74) is 3.75. The Kier molecular flexibility index (Phi) is 5.40. The van der Waals surface area contributed by atoms with E-state index in [0.29, 0.717) is 22.6 Å². The molecule has 0 saturated heterocycles. The third-order valence-corrected chi connectivity index (χ3v) is 5.33. The predicted octanol–water partition coefficient (Wildman–Crippen LogP) is 3.54. The Balaban J connectivity index is 1.21. The molecule has 0 fully saturated rings. The van der Waals surface area contributed by atoms with E-state index in [1.54, 1.807) is 24.3 Å². The Labute approximate surface area is 189 Å². The lowest BCUT2D eigenvalue weighted by Gasteiger charge is -2.08. The minimum atomic E-state index is -0.581.